The first kappa shape index (κ1) is 11.8. The lowest BCUT2D eigenvalue weighted by Crippen LogP contribution is -2.43. The van der Waals surface area contributed by atoms with Gasteiger partial charge in [0, 0.05) is 13.0 Å². The molecule has 0 aromatic carbocycles. The third-order valence-corrected chi connectivity index (χ3v) is 3.99. The molecule has 1 amide bonds. The van der Waals surface area contributed by atoms with Gasteiger partial charge in [0.15, 0.2) is 0 Å². The number of rotatable bonds is 2. The van der Waals surface area contributed by atoms with Gasteiger partial charge in [0.05, 0.1) is 12.1 Å². The Morgan fingerprint density at radius 3 is 3.11 bits per heavy atom. The van der Waals surface area contributed by atoms with Crippen LogP contribution in [0.1, 0.15) is 25.7 Å². The van der Waals surface area contributed by atoms with Gasteiger partial charge < -0.3 is 10.2 Å². The number of aromatic nitrogens is 1. The van der Waals surface area contributed by atoms with Crippen LogP contribution in [0.15, 0.2) is 18.2 Å². The van der Waals surface area contributed by atoms with Crippen LogP contribution in [0, 0.1) is 0 Å². The lowest BCUT2D eigenvalue weighted by molar-refractivity contribution is -0.129. The Morgan fingerprint density at radius 1 is 1.39 bits per heavy atom. The van der Waals surface area contributed by atoms with E-state index in [1.165, 1.54) is 6.42 Å². The quantitative estimate of drug-likeness (QED) is 0.835. The zero-order valence-electron chi connectivity index (χ0n) is 10.1. The molecular formula is C13H16ClN3O. The number of nitrogens with one attached hydrogen (secondary N) is 1. The molecule has 2 saturated heterocycles. The third kappa shape index (κ3) is 2.17. The lowest BCUT2D eigenvalue weighted by atomic mass is 9.99. The number of piperidine rings is 1. The number of anilines is 1. The maximum atomic E-state index is 11.9. The monoisotopic (exact) mass is 265 g/mol. The molecular weight excluding hydrogens is 250 g/mol. The fraction of sp³-hybridized carbons (Fsp3) is 0.538. The van der Waals surface area contributed by atoms with Gasteiger partial charge in [-0.15, -0.1) is 0 Å². The Bertz CT molecular complexity index is 465. The molecule has 0 saturated carbocycles. The van der Waals surface area contributed by atoms with E-state index in [1.807, 2.05) is 17.0 Å². The first-order valence-electron chi connectivity index (χ1n) is 6.42. The molecule has 3 rings (SSSR count). The molecule has 0 spiro atoms. The zero-order chi connectivity index (χ0) is 12.5. The summed E-state index contributed by atoms with van der Waals surface area (Å²) in [4.78, 5) is 18.2. The summed E-state index contributed by atoms with van der Waals surface area (Å²) < 4.78 is 0. The highest BCUT2D eigenvalue weighted by Crippen LogP contribution is 2.30. The zero-order valence-corrected chi connectivity index (χ0v) is 10.9. The van der Waals surface area contributed by atoms with Gasteiger partial charge in [-0.05, 0) is 31.4 Å². The number of carbonyl (C=O) groups excluding carboxylic acids is 1. The van der Waals surface area contributed by atoms with E-state index in [0.717, 1.165) is 25.2 Å². The van der Waals surface area contributed by atoms with Gasteiger partial charge >= 0.3 is 0 Å². The molecule has 0 radical (unpaired) electrons. The molecule has 5 heteroatoms. The molecule has 3 heterocycles. The first-order chi connectivity index (χ1) is 8.74. The summed E-state index contributed by atoms with van der Waals surface area (Å²) in [5, 5.41) is 3.83. The van der Waals surface area contributed by atoms with Crippen LogP contribution in [0.3, 0.4) is 0 Å². The number of hydrogen-bond acceptors (Lipinski definition) is 3. The van der Waals surface area contributed by atoms with Crippen molar-refractivity contribution in [3.05, 3.63) is 23.4 Å². The van der Waals surface area contributed by atoms with Crippen LogP contribution in [0.25, 0.3) is 0 Å². The SMILES string of the molecule is O=C1CC(Nc2cccc(Cl)n2)C2CCCCN12. The normalized spacial score (nSPS) is 27.2. The number of carbonyl (C=O) groups is 1. The fourth-order valence-corrected chi connectivity index (χ4v) is 3.12. The van der Waals surface area contributed by atoms with Crippen molar-refractivity contribution in [3.8, 4) is 0 Å². The molecule has 2 unspecified atom stereocenters. The second kappa shape index (κ2) is 4.76. The van der Waals surface area contributed by atoms with E-state index in [9.17, 15) is 4.79 Å². The number of amides is 1. The minimum atomic E-state index is 0.170. The van der Waals surface area contributed by atoms with E-state index < -0.39 is 0 Å². The molecule has 0 bridgehead atoms. The standard InChI is InChI=1S/C13H16ClN3O/c14-11-5-3-6-12(16-11)15-9-8-13(18)17-7-2-1-4-10(9)17/h3,5-6,9-10H,1-2,4,7-8H2,(H,15,16). The Labute approximate surface area is 111 Å². The Balaban J connectivity index is 1.75. The highest BCUT2D eigenvalue weighted by molar-refractivity contribution is 6.29. The van der Waals surface area contributed by atoms with Crippen LogP contribution in [0.5, 0.6) is 0 Å². The molecule has 18 heavy (non-hydrogen) atoms. The highest BCUT2D eigenvalue weighted by atomic mass is 35.5. The van der Waals surface area contributed by atoms with Crippen molar-refractivity contribution in [3.63, 3.8) is 0 Å². The van der Waals surface area contributed by atoms with E-state index in [1.54, 1.807) is 6.07 Å². The van der Waals surface area contributed by atoms with Gasteiger partial charge in [0.1, 0.15) is 11.0 Å². The van der Waals surface area contributed by atoms with E-state index in [4.69, 9.17) is 11.6 Å². The molecule has 2 aliphatic heterocycles. The highest BCUT2D eigenvalue weighted by Gasteiger charge is 2.40. The van der Waals surface area contributed by atoms with Gasteiger partial charge in [-0.3, -0.25) is 4.79 Å². The number of hydrogen-bond donors (Lipinski definition) is 1. The summed E-state index contributed by atoms with van der Waals surface area (Å²) in [6.45, 7) is 0.907. The predicted octanol–water partition coefficient (Wildman–Crippen LogP) is 2.30. The van der Waals surface area contributed by atoms with Crippen LogP contribution in [-0.2, 0) is 4.79 Å². The summed E-state index contributed by atoms with van der Waals surface area (Å²) >= 11 is 5.87. The van der Waals surface area contributed by atoms with Crippen molar-refractivity contribution in [1.29, 1.82) is 0 Å². The lowest BCUT2D eigenvalue weighted by Gasteiger charge is -2.32. The number of pyridine rings is 1. The van der Waals surface area contributed by atoms with E-state index in [0.29, 0.717) is 17.6 Å². The largest absolute Gasteiger partial charge is 0.365 e. The van der Waals surface area contributed by atoms with Gasteiger partial charge in [0.2, 0.25) is 5.91 Å². The minimum Gasteiger partial charge on any atom is -0.365 e. The second-order valence-electron chi connectivity index (χ2n) is 4.95. The van der Waals surface area contributed by atoms with Gasteiger partial charge in [-0.1, -0.05) is 17.7 Å². The second-order valence-corrected chi connectivity index (χ2v) is 5.34. The molecule has 4 nitrogen and oxygen atoms in total. The third-order valence-electron chi connectivity index (χ3n) is 3.78. The number of fused-ring (bicyclic) bond motifs is 1. The van der Waals surface area contributed by atoms with Crippen LogP contribution < -0.4 is 5.32 Å². The smallest absolute Gasteiger partial charge is 0.225 e. The summed E-state index contributed by atoms with van der Waals surface area (Å²) in [5.74, 6) is 1.02. The van der Waals surface area contributed by atoms with Crippen LogP contribution >= 0.6 is 11.6 Å². The Morgan fingerprint density at radius 2 is 2.28 bits per heavy atom. The average molecular weight is 266 g/mol. The Kier molecular flexibility index (Phi) is 3.12. The molecule has 1 aromatic rings. The Hall–Kier alpha value is -1.29. The predicted molar refractivity (Wildman–Crippen MR) is 70.6 cm³/mol. The maximum absolute atomic E-state index is 11.9. The summed E-state index contributed by atoms with van der Waals surface area (Å²) in [5.41, 5.74) is 0. The van der Waals surface area contributed by atoms with Crippen molar-refractivity contribution in [2.24, 2.45) is 0 Å². The van der Waals surface area contributed by atoms with Crippen molar-refractivity contribution in [2.45, 2.75) is 37.8 Å². The van der Waals surface area contributed by atoms with Gasteiger partial charge in [0.25, 0.3) is 0 Å². The summed E-state index contributed by atoms with van der Waals surface area (Å²) in [6, 6.07) is 6.00. The molecule has 2 atom stereocenters. The topological polar surface area (TPSA) is 45.2 Å². The molecule has 2 aliphatic rings. The van der Waals surface area contributed by atoms with Crippen molar-refractivity contribution in [1.82, 2.24) is 9.88 Å². The van der Waals surface area contributed by atoms with Gasteiger partial charge in [-0.2, -0.15) is 0 Å². The first-order valence-corrected chi connectivity index (χ1v) is 6.80. The molecule has 96 valence electrons. The van der Waals surface area contributed by atoms with Crippen molar-refractivity contribution >= 4 is 23.3 Å². The minimum absolute atomic E-state index is 0.170. The average Bonchev–Trinajstić information content (AvgIpc) is 2.67. The fourth-order valence-electron chi connectivity index (χ4n) is 2.95. The summed E-state index contributed by atoms with van der Waals surface area (Å²) in [7, 11) is 0. The summed E-state index contributed by atoms with van der Waals surface area (Å²) in [6.07, 6.45) is 3.99. The van der Waals surface area contributed by atoms with Crippen LogP contribution in [-0.4, -0.2) is 34.4 Å². The number of nitrogens with zero attached hydrogens (tertiary/aromatic N) is 2. The van der Waals surface area contributed by atoms with Crippen LogP contribution in [0.4, 0.5) is 5.82 Å². The van der Waals surface area contributed by atoms with E-state index >= 15 is 0 Å². The van der Waals surface area contributed by atoms with Gasteiger partial charge in [-0.25, -0.2) is 4.98 Å². The van der Waals surface area contributed by atoms with Crippen molar-refractivity contribution < 1.29 is 4.79 Å². The maximum Gasteiger partial charge on any atom is 0.225 e. The van der Waals surface area contributed by atoms with E-state index in [-0.39, 0.29) is 11.9 Å². The van der Waals surface area contributed by atoms with E-state index in [2.05, 4.69) is 10.3 Å². The molecule has 1 N–H and O–H groups in total. The molecule has 0 aliphatic carbocycles. The number of halogens is 1. The van der Waals surface area contributed by atoms with Crippen LogP contribution in [0.2, 0.25) is 5.15 Å². The molecule has 1 aromatic heterocycles. The van der Waals surface area contributed by atoms with Crippen molar-refractivity contribution in [2.75, 3.05) is 11.9 Å². The molecule has 2 fully saturated rings.